The molecule has 0 aliphatic heterocycles. The number of benzene rings is 1. The molecule has 1 aromatic carbocycles. The first kappa shape index (κ1) is 19.1. The summed E-state index contributed by atoms with van der Waals surface area (Å²) < 4.78 is 4.95. The summed E-state index contributed by atoms with van der Waals surface area (Å²) in [5.74, 6) is -1.43. The van der Waals surface area contributed by atoms with Gasteiger partial charge in [-0.1, -0.05) is 25.1 Å². The van der Waals surface area contributed by atoms with Gasteiger partial charge in [-0.15, -0.1) is 0 Å². The van der Waals surface area contributed by atoms with E-state index in [9.17, 15) is 14.4 Å². The number of rotatable bonds is 7. The van der Waals surface area contributed by atoms with Crippen LogP contribution in [0.4, 0.5) is 5.69 Å². The van der Waals surface area contributed by atoms with Gasteiger partial charge in [0.15, 0.2) is 6.61 Å². The maximum absolute atomic E-state index is 12.1. The van der Waals surface area contributed by atoms with Crippen molar-refractivity contribution < 1.29 is 19.1 Å². The van der Waals surface area contributed by atoms with E-state index in [1.54, 1.807) is 12.1 Å². The Balaban J connectivity index is 1.82. The van der Waals surface area contributed by atoms with Gasteiger partial charge in [0, 0.05) is 25.1 Å². The molecule has 0 bridgehead atoms. The Morgan fingerprint density at radius 2 is 1.92 bits per heavy atom. The van der Waals surface area contributed by atoms with Gasteiger partial charge >= 0.3 is 5.97 Å². The number of nitrogens with zero attached hydrogens (tertiary/aromatic N) is 2. The zero-order valence-corrected chi connectivity index (χ0v) is 14.8. The van der Waals surface area contributed by atoms with Crippen molar-refractivity contribution in [1.82, 2.24) is 9.88 Å². The zero-order valence-electron chi connectivity index (χ0n) is 14.8. The van der Waals surface area contributed by atoms with E-state index >= 15 is 0 Å². The number of esters is 1. The number of hydrogen-bond donors (Lipinski definition) is 1. The lowest BCUT2D eigenvalue weighted by Gasteiger charge is -2.17. The van der Waals surface area contributed by atoms with Crippen LogP contribution in [0.3, 0.4) is 0 Å². The highest BCUT2D eigenvalue weighted by atomic mass is 16.5. The Morgan fingerprint density at radius 1 is 1.15 bits per heavy atom. The van der Waals surface area contributed by atoms with Crippen LogP contribution in [0.25, 0.3) is 0 Å². The number of para-hydroxylation sites is 1. The van der Waals surface area contributed by atoms with Crippen LogP contribution in [-0.2, 0) is 20.7 Å². The third-order valence-corrected chi connectivity index (χ3v) is 3.70. The minimum atomic E-state index is -0.638. The molecule has 0 unspecified atom stereocenters. The third-order valence-electron chi connectivity index (χ3n) is 3.70. The quantitative estimate of drug-likeness (QED) is 0.766. The van der Waals surface area contributed by atoms with Crippen molar-refractivity contribution in [2.75, 3.05) is 25.5 Å². The number of amides is 2. The van der Waals surface area contributed by atoms with Crippen LogP contribution < -0.4 is 5.32 Å². The first-order valence-electron chi connectivity index (χ1n) is 8.20. The maximum Gasteiger partial charge on any atom is 0.340 e. The molecule has 0 spiro atoms. The maximum atomic E-state index is 12.1. The minimum Gasteiger partial charge on any atom is -0.452 e. The monoisotopic (exact) mass is 355 g/mol. The standard InChI is InChI=1S/C19H21N3O4/c1-3-14-7-4-5-9-16(14)21-17(23)12-22(2)18(24)13-26-19(25)15-8-6-10-20-11-15/h4-11H,3,12-13H2,1-2H3,(H,21,23). The summed E-state index contributed by atoms with van der Waals surface area (Å²) in [6, 6.07) is 10.6. The molecule has 7 heteroatoms. The van der Waals surface area contributed by atoms with Crippen molar-refractivity contribution in [1.29, 1.82) is 0 Å². The molecule has 26 heavy (non-hydrogen) atoms. The smallest absolute Gasteiger partial charge is 0.340 e. The number of nitrogens with one attached hydrogen (secondary N) is 1. The van der Waals surface area contributed by atoms with Crippen LogP contribution in [0.2, 0.25) is 0 Å². The largest absolute Gasteiger partial charge is 0.452 e. The average molecular weight is 355 g/mol. The molecule has 7 nitrogen and oxygen atoms in total. The summed E-state index contributed by atoms with van der Waals surface area (Å²) in [5, 5.41) is 2.79. The van der Waals surface area contributed by atoms with Crippen LogP contribution in [0.15, 0.2) is 48.8 Å². The Morgan fingerprint density at radius 3 is 2.62 bits per heavy atom. The van der Waals surface area contributed by atoms with Gasteiger partial charge in [0.2, 0.25) is 5.91 Å². The van der Waals surface area contributed by atoms with Gasteiger partial charge < -0.3 is 15.0 Å². The molecule has 1 aromatic heterocycles. The second-order valence-electron chi connectivity index (χ2n) is 5.63. The zero-order chi connectivity index (χ0) is 18.9. The van der Waals surface area contributed by atoms with E-state index in [0.717, 1.165) is 17.7 Å². The van der Waals surface area contributed by atoms with E-state index in [-0.39, 0.29) is 18.0 Å². The summed E-state index contributed by atoms with van der Waals surface area (Å²) in [7, 11) is 1.48. The number of carbonyl (C=O) groups excluding carboxylic acids is 3. The molecule has 2 rings (SSSR count). The third kappa shape index (κ3) is 5.41. The van der Waals surface area contributed by atoms with E-state index in [4.69, 9.17) is 4.74 Å². The molecule has 0 atom stereocenters. The summed E-state index contributed by atoms with van der Waals surface area (Å²) in [4.78, 5) is 41.0. The highest BCUT2D eigenvalue weighted by molar-refractivity contribution is 5.96. The number of carbonyl (C=O) groups is 3. The Bertz CT molecular complexity index is 777. The van der Waals surface area contributed by atoms with Crippen molar-refractivity contribution in [3.63, 3.8) is 0 Å². The Hall–Kier alpha value is -3.22. The van der Waals surface area contributed by atoms with Crippen molar-refractivity contribution in [3.8, 4) is 0 Å². The van der Waals surface area contributed by atoms with Crippen molar-refractivity contribution in [3.05, 3.63) is 59.9 Å². The van der Waals surface area contributed by atoms with E-state index in [1.807, 2.05) is 31.2 Å². The number of aryl methyl sites for hydroxylation is 1. The Labute approximate surface area is 152 Å². The predicted molar refractivity (Wildman–Crippen MR) is 96.6 cm³/mol. The van der Waals surface area contributed by atoms with Crippen LogP contribution in [0.1, 0.15) is 22.8 Å². The van der Waals surface area contributed by atoms with Gasteiger partial charge in [-0.25, -0.2) is 4.79 Å². The van der Waals surface area contributed by atoms with E-state index < -0.39 is 18.5 Å². The number of hydrogen-bond acceptors (Lipinski definition) is 5. The second kappa shape index (κ2) is 9.31. The highest BCUT2D eigenvalue weighted by Gasteiger charge is 2.16. The fourth-order valence-corrected chi connectivity index (χ4v) is 2.25. The van der Waals surface area contributed by atoms with Gasteiger partial charge in [-0.2, -0.15) is 0 Å². The first-order valence-corrected chi connectivity index (χ1v) is 8.20. The van der Waals surface area contributed by atoms with E-state index in [0.29, 0.717) is 0 Å². The van der Waals surface area contributed by atoms with Crippen molar-refractivity contribution >= 4 is 23.5 Å². The number of likely N-dealkylation sites (N-methyl/N-ethyl adjacent to an activating group) is 1. The molecule has 0 aliphatic rings. The van der Waals surface area contributed by atoms with Crippen molar-refractivity contribution in [2.45, 2.75) is 13.3 Å². The van der Waals surface area contributed by atoms with Gasteiger partial charge in [-0.05, 0) is 30.2 Å². The second-order valence-corrected chi connectivity index (χ2v) is 5.63. The molecule has 136 valence electrons. The molecule has 1 N–H and O–H groups in total. The van der Waals surface area contributed by atoms with Gasteiger partial charge in [-0.3, -0.25) is 14.6 Å². The van der Waals surface area contributed by atoms with Crippen LogP contribution in [-0.4, -0.2) is 47.9 Å². The van der Waals surface area contributed by atoms with E-state index in [1.165, 1.54) is 24.3 Å². The minimum absolute atomic E-state index is 0.138. The molecule has 0 aliphatic carbocycles. The summed E-state index contributed by atoms with van der Waals surface area (Å²) in [6.45, 7) is 1.42. The van der Waals surface area contributed by atoms with E-state index in [2.05, 4.69) is 10.3 Å². The number of anilines is 1. The van der Waals surface area contributed by atoms with Crippen molar-refractivity contribution in [2.24, 2.45) is 0 Å². The number of aromatic nitrogens is 1. The molecular weight excluding hydrogens is 334 g/mol. The SMILES string of the molecule is CCc1ccccc1NC(=O)CN(C)C(=O)COC(=O)c1cccnc1. The highest BCUT2D eigenvalue weighted by Crippen LogP contribution is 2.15. The molecule has 2 aromatic rings. The normalized spacial score (nSPS) is 10.1. The van der Waals surface area contributed by atoms with Crippen LogP contribution in [0.5, 0.6) is 0 Å². The summed E-state index contributed by atoms with van der Waals surface area (Å²) in [5.41, 5.74) is 2.00. The summed E-state index contributed by atoms with van der Waals surface area (Å²) >= 11 is 0. The molecular formula is C19H21N3O4. The average Bonchev–Trinajstić information content (AvgIpc) is 2.66. The number of ether oxygens (including phenoxy) is 1. The lowest BCUT2D eigenvalue weighted by molar-refractivity contribution is -0.136. The van der Waals surface area contributed by atoms with Gasteiger partial charge in [0.05, 0.1) is 12.1 Å². The fraction of sp³-hybridized carbons (Fsp3) is 0.263. The molecule has 1 heterocycles. The van der Waals surface area contributed by atoms with Crippen LogP contribution >= 0.6 is 0 Å². The van der Waals surface area contributed by atoms with Crippen LogP contribution in [0, 0.1) is 0 Å². The Kier molecular flexibility index (Phi) is 6.84. The number of pyridine rings is 1. The molecule has 0 fully saturated rings. The predicted octanol–water partition coefficient (Wildman–Crippen LogP) is 1.90. The summed E-state index contributed by atoms with van der Waals surface area (Å²) in [6.07, 6.45) is 3.68. The molecule has 0 saturated carbocycles. The fourth-order valence-electron chi connectivity index (χ4n) is 2.25. The molecule has 0 saturated heterocycles. The molecule has 2 amide bonds. The topological polar surface area (TPSA) is 88.6 Å². The van der Waals surface area contributed by atoms with Gasteiger partial charge in [0.1, 0.15) is 0 Å². The lowest BCUT2D eigenvalue weighted by atomic mass is 10.1. The first-order chi connectivity index (χ1) is 12.5. The van der Waals surface area contributed by atoms with Gasteiger partial charge in [0.25, 0.3) is 5.91 Å². The lowest BCUT2D eigenvalue weighted by Crippen LogP contribution is -2.37. The molecule has 0 radical (unpaired) electrons.